The van der Waals surface area contributed by atoms with Gasteiger partial charge in [-0.1, -0.05) is 41.6 Å². The number of rotatable bonds is 9. The van der Waals surface area contributed by atoms with Gasteiger partial charge in [0.05, 0.1) is 23.5 Å². The molecule has 0 unspecified atom stereocenters. The quantitative estimate of drug-likeness (QED) is 0.446. The molecule has 1 aromatic heterocycles. The molecule has 12 heteroatoms. The highest BCUT2D eigenvalue weighted by molar-refractivity contribution is 7.99. The minimum absolute atomic E-state index is 0.0596. The molecule has 1 N–H and O–H groups in total. The predicted molar refractivity (Wildman–Crippen MR) is 118 cm³/mol. The van der Waals surface area contributed by atoms with E-state index in [9.17, 15) is 22.8 Å². The third-order valence-electron chi connectivity index (χ3n) is 4.46. The zero-order chi connectivity index (χ0) is 24.7. The summed E-state index contributed by atoms with van der Waals surface area (Å²) >= 11 is 0.971. The van der Waals surface area contributed by atoms with Crippen LogP contribution >= 0.6 is 11.8 Å². The highest BCUT2D eigenvalue weighted by Gasteiger charge is 2.33. The zero-order valence-electron chi connectivity index (χ0n) is 18.3. The van der Waals surface area contributed by atoms with E-state index >= 15 is 0 Å². The molecule has 0 atom stereocenters. The predicted octanol–water partition coefficient (Wildman–Crippen LogP) is 4.17. The highest BCUT2D eigenvalue weighted by atomic mass is 32.2. The van der Waals surface area contributed by atoms with Crippen molar-refractivity contribution in [1.82, 2.24) is 15.1 Å². The first-order chi connectivity index (χ1) is 16.1. The Labute approximate surface area is 197 Å². The summed E-state index contributed by atoms with van der Waals surface area (Å²) in [4.78, 5) is 25.6. The fraction of sp³-hybridized carbons (Fsp3) is 0.273. The zero-order valence-corrected chi connectivity index (χ0v) is 19.1. The Hall–Kier alpha value is -3.54. The summed E-state index contributed by atoms with van der Waals surface area (Å²) in [6.45, 7) is 1.60. The lowest BCUT2D eigenvalue weighted by Gasteiger charge is -2.18. The van der Waals surface area contributed by atoms with Crippen LogP contribution < -0.4 is 10.1 Å². The van der Waals surface area contributed by atoms with Crippen LogP contribution in [0.15, 0.2) is 58.2 Å². The average molecular weight is 494 g/mol. The lowest BCUT2D eigenvalue weighted by Crippen LogP contribution is -2.36. The topological polar surface area (TPSA) is 97.6 Å². The highest BCUT2D eigenvalue weighted by Crippen LogP contribution is 2.34. The second kappa shape index (κ2) is 11.1. The number of alkyl halides is 3. The van der Waals surface area contributed by atoms with Gasteiger partial charge in [0.2, 0.25) is 11.8 Å². The molecular weight excluding hydrogens is 473 g/mol. The van der Waals surface area contributed by atoms with E-state index in [1.165, 1.54) is 19.2 Å². The lowest BCUT2D eigenvalue weighted by atomic mass is 10.1. The summed E-state index contributed by atoms with van der Waals surface area (Å²) in [5.74, 6) is -0.438. The Morgan fingerprint density at radius 3 is 2.53 bits per heavy atom. The van der Waals surface area contributed by atoms with Crippen molar-refractivity contribution in [2.45, 2.75) is 24.9 Å². The Morgan fingerprint density at radius 1 is 1.12 bits per heavy atom. The lowest BCUT2D eigenvalue weighted by molar-refractivity contribution is -0.137. The number of aromatic nitrogens is 2. The first-order valence-corrected chi connectivity index (χ1v) is 10.9. The molecule has 3 rings (SSSR count). The minimum Gasteiger partial charge on any atom is -0.484 e. The standard InChI is InChI=1S/C22H21F3N4O4S/c1-14-7-9-15(10-8-14)32-12-19-27-28-21(33-19)34-13-20(31)29(2)11-18(30)26-17-6-4-3-5-16(17)22(23,24)25/h3-10H,11-13H2,1-2H3,(H,26,30). The van der Waals surface area contributed by atoms with Gasteiger partial charge in [-0.3, -0.25) is 9.59 Å². The molecular formula is C22H21F3N4O4S. The van der Waals surface area contributed by atoms with Crippen LogP contribution in [0.1, 0.15) is 17.0 Å². The minimum atomic E-state index is -4.61. The van der Waals surface area contributed by atoms with Gasteiger partial charge in [-0.15, -0.1) is 10.2 Å². The van der Waals surface area contributed by atoms with Gasteiger partial charge in [-0.2, -0.15) is 13.2 Å². The van der Waals surface area contributed by atoms with Crippen LogP contribution in [0.2, 0.25) is 0 Å². The number of ether oxygens (including phenoxy) is 1. The van der Waals surface area contributed by atoms with E-state index in [0.717, 1.165) is 34.4 Å². The molecule has 34 heavy (non-hydrogen) atoms. The van der Waals surface area contributed by atoms with Gasteiger partial charge < -0.3 is 19.4 Å². The molecule has 8 nitrogen and oxygen atoms in total. The molecule has 0 fully saturated rings. The van der Waals surface area contributed by atoms with Crippen molar-refractivity contribution in [1.29, 1.82) is 0 Å². The number of hydrogen-bond donors (Lipinski definition) is 1. The summed E-state index contributed by atoms with van der Waals surface area (Å²) in [5, 5.41) is 10.0. The van der Waals surface area contributed by atoms with Gasteiger partial charge in [0.25, 0.3) is 11.1 Å². The van der Waals surface area contributed by atoms with Gasteiger partial charge >= 0.3 is 6.18 Å². The number of para-hydroxylation sites is 1. The second-order valence-corrected chi connectivity index (χ2v) is 8.12. The number of likely N-dealkylation sites (N-methyl/N-ethyl adjacent to an activating group) is 1. The van der Waals surface area contributed by atoms with Gasteiger partial charge in [0.1, 0.15) is 5.75 Å². The number of benzene rings is 2. The molecule has 0 aliphatic carbocycles. The summed E-state index contributed by atoms with van der Waals surface area (Å²) < 4.78 is 50.1. The van der Waals surface area contributed by atoms with Crippen molar-refractivity contribution in [3.63, 3.8) is 0 Å². The molecule has 2 amide bonds. The molecule has 0 bridgehead atoms. The fourth-order valence-corrected chi connectivity index (χ4v) is 3.42. The number of thioether (sulfide) groups is 1. The van der Waals surface area contributed by atoms with Gasteiger partial charge in [0.15, 0.2) is 6.61 Å². The van der Waals surface area contributed by atoms with Gasteiger partial charge in [-0.25, -0.2) is 0 Å². The SMILES string of the molecule is Cc1ccc(OCc2nnc(SCC(=O)N(C)CC(=O)Nc3ccccc3C(F)(F)F)o2)cc1. The smallest absolute Gasteiger partial charge is 0.418 e. The molecule has 0 aliphatic heterocycles. The van der Waals surface area contributed by atoms with Gasteiger partial charge in [0, 0.05) is 7.05 Å². The molecule has 2 aromatic carbocycles. The first-order valence-electron chi connectivity index (χ1n) is 9.96. The summed E-state index contributed by atoms with van der Waals surface area (Å²) in [6.07, 6.45) is -4.61. The van der Waals surface area contributed by atoms with Crippen LogP contribution in [0.3, 0.4) is 0 Å². The number of carbonyl (C=O) groups excluding carboxylic acids is 2. The van der Waals surface area contributed by atoms with Crippen molar-refractivity contribution < 1.29 is 31.9 Å². The average Bonchev–Trinajstić information content (AvgIpc) is 3.24. The second-order valence-electron chi connectivity index (χ2n) is 7.19. The van der Waals surface area contributed by atoms with E-state index in [4.69, 9.17) is 9.15 Å². The van der Waals surface area contributed by atoms with Crippen molar-refractivity contribution in [3.8, 4) is 5.75 Å². The Bertz CT molecular complexity index is 1140. The summed E-state index contributed by atoms with van der Waals surface area (Å²) in [6, 6.07) is 12.1. The van der Waals surface area contributed by atoms with Gasteiger partial charge in [-0.05, 0) is 31.2 Å². The van der Waals surface area contributed by atoms with Crippen molar-refractivity contribution in [2.75, 3.05) is 24.7 Å². The third kappa shape index (κ3) is 7.24. The molecule has 0 spiro atoms. The van der Waals surface area contributed by atoms with Crippen LogP contribution in [0.25, 0.3) is 0 Å². The van der Waals surface area contributed by atoms with Crippen LogP contribution in [0.4, 0.5) is 18.9 Å². The number of anilines is 1. The molecule has 0 radical (unpaired) electrons. The third-order valence-corrected chi connectivity index (χ3v) is 5.27. The molecule has 1 heterocycles. The largest absolute Gasteiger partial charge is 0.484 e. The molecule has 180 valence electrons. The van der Waals surface area contributed by atoms with Crippen molar-refractivity contribution >= 4 is 29.3 Å². The van der Waals surface area contributed by atoms with Crippen molar-refractivity contribution in [3.05, 3.63) is 65.5 Å². The maximum atomic E-state index is 13.1. The monoisotopic (exact) mass is 494 g/mol. The van der Waals surface area contributed by atoms with E-state index in [0.29, 0.717) is 5.75 Å². The molecule has 0 aliphatic rings. The van der Waals surface area contributed by atoms with E-state index in [-0.39, 0.29) is 29.2 Å². The number of halogens is 3. The maximum Gasteiger partial charge on any atom is 0.418 e. The van der Waals surface area contributed by atoms with E-state index in [1.807, 2.05) is 31.2 Å². The number of nitrogens with one attached hydrogen (secondary N) is 1. The Balaban J connectivity index is 1.45. The van der Waals surface area contributed by atoms with Crippen molar-refractivity contribution in [2.24, 2.45) is 0 Å². The van der Waals surface area contributed by atoms with Crippen LogP contribution in [0.5, 0.6) is 5.75 Å². The van der Waals surface area contributed by atoms with Crippen LogP contribution in [0, 0.1) is 6.92 Å². The molecule has 0 saturated carbocycles. The van der Waals surface area contributed by atoms with Crippen LogP contribution in [-0.4, -0.2) is 46.3 Å². The maximum absolute atomic E-state index is 13.1. The molecule has 3 aromatic rings. The van der Waals surface area contributed by atoms with E-state index < -0.39 is 30.1 Å². The Kier molecular flexibility index (Phi) is 8.16. The number of hydrogen-bond acceptors (Lipinski definition) is 7. The summed E-state index contributed by atoms with van der Waals surface area (Å²) in [7, 11) is 1.37. The van der Waals surface area contributed by atoms with E-state index in [2.05, 4.69) is 15.5 Å². The number of aryl methyl sites for hydroxylation is 1. The fourth-order valence-electron chi connectivity index (χ4n) is 2.70. The van der Waals surface area contributed by atoms with Crippen LogP contribution in [-0.2, 0) is 22.4 Å². The number of carbonyl (C=O) groups is 2. The first kappa shape index (κ1) is 25.1. The normalized spacial score (nSPS) is 11.2. The summed E-state index contributed by atoms with van der Waals surface area (Å²) in [5.41, 5.74) is -0.241. The Morgan fingerprint density at radius 2 is 1.82 bits per heavy atom. The number of nitrogens with zero attached hydrogens (tertiary/aromatic N) is 3. The molecule has 0 saturated heterocycles. The number of amides is 2. The van der Waals surface area contributed by atoms with E-state index in [1.54, 1.807) is 0 Å².